The third-order valence-electron chi connectivity index (χ3n) is 5.28. The summed E-state index contributed by atoms with van der Waals surface area (Å²) in [6, 6.07) is 0. The Hall–Kier alpha value is -0.610. The van der Waals surface area contributed by atoms with E-state index in [1.54, 1.807) is 0 Å². The molecule has 0 heterocycles. The van der Waals surface area contributed by atoms with E-state index in [-0.39, 0.29) is 28.8 Å². The molecule has 2 fully saturated rings. The van der Waals surface area contributed by atoms with Crippen molar-refractivity contribution in [1.82, 2.24) is 5.32 Å². The SMILES string of the molecule is CCO[C@@H]1C[C@](O)(CNC(=O)[C@H]2CC2(C)C)C1(C)C. The minimum Gasteiger partial charge on any atom is -0.387 e. The van der Waals surface area contributed by atoms with Gasteiger partial charge in [0.25, 0.3) is 0 Å². The van der Waals surface area contributed by atoms with E-state index in [4.69, 9.17) is 4.74 Å². The molecule has 2 saturated carbocycles. The number of hydrogen-bond donors (Lipinski definition) is 2. The minimum absolute atomic E-state index is 0.0779. The van der Waals surface area contributed by atoms with Gasteiger partial charge in [-0.3, -0.25) is 4.79 Å². The van der Waals surface area contributed by atoms with Crippen molar-refractivity contribution in [3.63, 3.8) is 0 Å². The average molecular weight is 269 g/mol. The van der Waals surface area contributed by atoms with Crippen LogP contribution >= 0.6 is 0 Å². The first-order valence-electron chi connectivity index (χ1n) is 7.26. The van der Waals surface area contributed by atoms with Crippen LogP contribution in [0.25, 0.3) is 0 Å². The van der Waals surface area contributed by atoms with Gasteiger partial charge in [0, 0.05) is 30.9 Å². The van der Waals surface area contributed by atoms with E-state index in [1.807, 2.05) is 20.8 Å². The monoisotopic (exact) mass is 269 g/mol. The fourth-order valence-corrected chi connectivity index (χ4v) is 3.03. The summed E-state index contributed by atoms with van der Waals surface area (Å²) in [6.45, 7) is 11.2. The largest absolute Gasteiger partial charge is 0.387 e. The number of amides is 1. The highest BCUT2D eigenvalue weighted by molar-refractivity contribution is 5.82. The molecule has 3 atom stereocenters. The average Bonchev–Trinajstić information content (AvgIpc) is 2.95. The maximum atomic E-state index is 12.0. The van der Waals surface area contributed by atoms with E-state index in [2.05, 4.69) is 19.2 Å². The van der Waals surface area contributed by atoms with Crippen LogP contribution in [0.15, 0.2) is 0 Å². The molecule has 0 spiro atoms. The van der Waals surface area contributed by atoms with Crippen LogP contribution in [0, 0.1) is 16.7 Å². The summed E-state index contributed by atoms with van der Waals surface area (Å²) < 4.78 is 5.62. The van der Waals surface area contributed by atoms with Gasteiger partial charge in [0.15, 0.2) is 0 Å². The molecule has 110 valence electrons. The van der Waals surface area contributed by atoms with Gasteiger partial charge in [-0.05, 0) is 18.8 Å². The van der Waals surface area contributed by atoms with E-state index in [9.17, 15) is 9.90 Å². The lowest BCUT2D eigenvalue weighted by atomic mass is 9.56. The molecular weight excluding hydrogens is 242 g/mol. The van der Waals surface area contributed by atoms with Crippen molar-refractivity contribution in [1.29, 1.82) is 0 Å². The van der Waals surface area contributed by atoms with Gasteiger partial charge in [-0.25, -0.2) is 0 Å². The molecule has 4 nitrogen and oxygen atoms in total. The molecule has 2 N–H and O–H groups in total. The van der Waals surface area contributed by atoms with Crippen molar-refractivity contribution in [3.05, 3.63) is 0 Å². The van der Waals surface area contributed by atoms with Crippen molar-refractivity contribution in [2.75, 3.05) is 13.2 Å². The van der Waals surface area contributed by atoms with Crippen LogP contribution in [0.3, 0.4) is 0 Å². The van der Waals surface area contributed by atoms with Crippen molar-refractivity contribution in [3.8, 4) is 0 Å². The lowest BCUT2D eigenvalue weighted by Gasteiger charge is -2.58. The summed E-state index contributed by atoms with van der Waals surface area (Å²) in [4.78, 5) is 12.0. The van der Waals surface area contributed by atoms with Gasteiger partial charge in [0.05, 0.1) is 11.7 Å². The van der Waals surface area contributed by atoms with Gasteiger partial charge < -0.3 is 15.2 Å². The van der Waals surface area contributed by atoms with E-state index in [0.29, 0.717) is 19.6 Å². The zero-order valence-corrected chi connectivity index (χ0v) is 12.7. The van der Waals surface area contributed by atoms with Crippen molar-refractivity contribution >= 4 is 5.91 Å². The number of carbonyl (C=O) groups excluding carboxylic acids is 1. The summed E-state index contributed by atoms with van der Waals surface area (Å²) in [6.07, 6.45) is 1.63. The lowest BCUT2D eigenvalue weighted by Crippen LogP contribution is -2.68. The Balaban J connectivity index is 1.85. The smallest absolute Gasteiger partial charge is 0.223 e. The Labute approximate surface area is 115 Å². The summed E-state index contributed by atoms with van der Waals surface area (Å²) in [5.41, 5.74) is -1.02. The van der Waals surface area contributed by atoms with E-state index in [0.717, 1.165) is 6.42 Å². The number of carbonyl (C=O) groups is 1. The fourth-order valence-electron chi connectivity index (χ4n) is 3.03. The van der Waals surface area contributed by atoms with Crippen LogP contribution in [-0.4, -0.2) is 35.9 Å². The number of aliphatic hydroxyl groups is 1. The Kier molecular flexibility index (Phi) is 3.47. The number of nitrogens with one attached hydrogen (secondary N) is 1. The second kappa shape index (κ2) is 4.45. The van der Waals surface area contributed by atoms with Crippen LogP contribution in [0.1, 0.15) is 47.5 Å². The first-order chi connectivity index (χ1) is 8.64. The second-order valence-corrected chi connectivity index (χ2v) is 7.36. The van der Waals surface area contributed by atoms with Crippen LogP contribution < -0.4 is 5.32 Å². The maximum Gasteiger partial charge on any atom is 0.223 e. The maximum absolute atomic E-state index is 12.0. The Morgan fingerprint density at radius 3 is 2.32 bits per heavy atom. The second-order valence-electron chi connectivity index (χ2n) is 7.36. The molecule has 0 bridgehead atoms. The van der Waals surface area contributed by atoms with Crippen molar-refractivity contribution in [2.24, 2.45) is 16.7 Å². The summed E-state index contributed by atoms with van der Waals surface area (Å²) in [5.74, 6) is 0.191. The zero-order chi connectivity index (χ0) is 14.5. The zero-order valence-electron chi connectivity index (χ0n) is 12.7. The molecule has 0 aromatic rings. The molecule has 2 aliphatic carbocycles. The van der Waals surface area contributed by atoms with E-state index in [1.165, 1.54) is 0 Å². The summed E-state index contributed by atoms with van der Waals surface area (Å²) in [7, 11) is 0. The number of hydrogen-bond acceptors (Lipinski definition) is 3. The van der Waals surface area contributed by atoms with Gasteiger partial charge in [-0.2, -0.15) is 0 Å². The molecule has 2 aliphatic rings. The molecular formula is C15H27NO3. The first-order valence-corrected chi connectivity index (χ1v) is 7.26. The molecule has 0 unspecified atom stereocenters. The number of ether oxygens (including phenoxy) is 1. The fraction of sp³-hybridized carbons (Fsp3) is 0.933. The highest BCUT2D eigenvalue weighted by Crippen LogP contribution is 2.53. The van der Waals surface area contributed by atoms with Gasteiger partial charge in [0.2, 0.25) is 5.91 Å². The van der Waals surface area contributed by atoms with Gasteiger partial charge in [-0.15, -0.1) is 0 Å². The van der Waals surface area contributed by atoms with Gasteiger partial charge in [-0.1, -0.05) is 27.7 Å². The molecule has 19 heavy (non-hydrogen) atoms. The molecule has 1 amide bonds. The normalized spacial score (nSPS) is 38.4. The van der Waals surface area contributed by atoms with E-state index < -0.39 is 5.60 Å². The summed E-state index contributed by atoms with van der Waals surface area (Å²) >= 11 is 0. The van der Waals surface area contributed by atoms with Crippen molar-refractivity contribution < 1.29 is 14.6 Å². The lowest BCUT2D eigenvalue weighted by molar-refractivity contribution is -0.238. The molecule has 0 aromatic heterocycles. The predicted molar refractivity (Wildman–Crippen MR) is 73.7 cm³/mol. The Morgan fingerprint density at radius 2 is 1.89 bits per heavy atom. The quantitative estimate of drug-likeness (QED) is 0.799. The minimum atomic E-state index is -0.846. The van der Waals surface area contributed by atoms with Crippen LogP contribution in [0.5, 0.6) is 0 Å². The molecule has 0 aliphatic heterocycles. The van der Waals surface area contributed by atoms with Crippen LogP contribution in [-0.2, 0) is 9.53 Å². The van der Waals surface area contributed by atoms with Gasteiger partial charge in [0.1, 0.15) is 0 Å². The third kappa shape index (κ3) is 2.40. The first kappa shape index (κ1) is 14.8. The standard InChI is InChI=1S/C15H27NO3/c1-6-19-11-8-15(18,14(11,4)5)9-16-12(17)10-7-13(10,2)3/h10-11,18H,6-9H2,1-5H3,(H,16,17)/t10-,11-,15+/m1/s1. The molecule has 4 heteroatoms. The predicted octanol–water partition coefficient (Wildman–Crippen LogP) is 1.71. The Morgan fingerprint density at radius 1 is 1.32 bits per heavy atom. The number of rotatable bonds is 5. The molecule has 0 aromatic carbocycles. The topological polar surface area (TPSA) is 58.6 Å². The van der Waals surface area contributed by atoms with Gasteiger partial charge >= 0.3 is 0 Å². The molecule has 0 saturated heterocycles. The van der Waals surface area contributed by atoms with Crippen LogP contribution in [0.2, 0.25) is 0 Å². The van der Waals surface area contributed by atoms with Crippen molar-refractivity contribution in [2.45, 2.75) is 59.2 Å². The third-order valence-corrected chi connectivity index (χ3v) is 5.28. The highest BCUT2D eigenvalue weighted by atomic mass is 16.5. The van der Waals surface area contributed by atoms with E-state index >= 15 is 0 Å². The Bertz CT molecular complexity index is 378. The highest BCUT2D eigenvalue weighted by Gasteiger charge is 2.60. The molecule has 2 rings (SSSR count). The summed E-state index contributed by atoms with van der Waals surface area (Å²) in [5, 5.41) is 13.5. The molecule has 0 radical (unpaired) electrons. The van der Waals surface area contributed by atoms with Crippen LogP contribution in [0.4, 0.5) is 0 Å².